The van der Waals surface area contributed by atoms with Crippen LogP contribution in [0.5, 0.6) is 5.75 Å². The van der Waals surface area contributed by atoms with Gasteiger partial charge in [0.25, 0.3) is 0 Å². The molecule has 1 aliphatic heterocycles. The number of nitrogens with one attached hydrogen (secondary N) is 1. The van der Waals surface area contributed by atoms with Crippen molar-refractivity contribution >= 4 is 32.7 Å². The largest absolute Gasteiger partial charge is 0.494 e. The maximum absolute atomic E-state index is 14.1. The number of anilines is 1. The first-order valence-corrected chi connectivity index (χ1v) is 18.1. The van der Waals surface area contributed by atoms with Crippen molar-refractivity contribution in [3.05, 3.63) is 106 Å². The summed E-state index contributed by atoms with van der Waals surface area (Å²) in [4.78, 5) is 17.4. The molecule has 0 spiro atoms. The summed E-state index contributed by atoms with van der Waals surface area (Å²) in [5.41, 5.74) is 5.06. The van der Waals surface area contributed by atoms with Gasteiger partial charge < -0.3 is 10.1 Å². The molecule has 1 aliphatic rings. The molecule has 5 aromatic rings. The summed E-state index contributed by atoms with van der Waals surface area (Å²) in [5.74, 6) is -0.403. The number of carbonyl (C=O) groups excluding carboxylic acids is 1. The minimum atomic E-state index is -4.69. The predicted molar refractivity (Wildman–Crippen MR) is 187 cm³/mol. The lowest BCUT2D eigenvalue weighted by Crippen LogP contribution is -2.33. The topological polar surface area (TPSA) is 119 Å². The van der Waals surface area contributed by atoms with E-state index < -0.39 is 27.7 Å². The number of ether oxygens (including phenoxy) is 1. The van der Waals surface area contributed by atoms with Crippen LogP contribution in [0.3, 0.4) is 0 Å². The second kappa shape index (κ2) is 14.1. The first-order valence-electron chi connectivity index (χ1n) is 16.6. The Hall–Kier alpha value is -4.82. The number of hydrogen-bond donors (Lipinski definition) is 1. The summed E-state index contributed by atoms with van der Waals surface area (Å²) in [6, 6.07) is 14.0. The summed E-state index contributed by atoms with van der Waals surface area (Å²) >= 11 is 0. The Morgan fingerprint density at radius 2 is 1.90 bits per heavy atom. The van der Waals surface area contributed by atoms with Crippen LogP contribution in [0.2, 0.25) is 0 Å². The summed E-state index contributed by atoms with van der Waals surface area (Å²) in [7, 11) is -2.74. The van der Waals surface area contributed by atoms with Gasteiger partial charge in [0.15, 0.2) is 0 Å². The predicted octanol–water partition coefficient (Wildman–Crippen LogP) is 7.03. The Morgan fingerprint density at radius 3 is 2.59 bits per heavy atom. The normalized spacial score (nSPS) is 16.7. The smallest absolute Gasteiger partial charge is 0.416 e. The molecule has 1 unspecified atom stereocenters. The fraction of sp³-hybridized carbons (Fsp3) is 0.351. The van der Waals surface area contributed by atoms with Crippen molar-refractivity contribution in [2.24, 2.45) is 5.92 Å². The van der Waals surface area contributed by atoms with Crippen molar-refractivity contribution in [2.75, 3.05) is 19.0 Å². The molecule has 10 nitrogen and oxygen atoms in total. The van der Waals surface area contributed by atoms with Crippen molar-refractivity contribution in [2.45, 2.75) is 70.6 Å². The van der Waals surface area contributed by atoms with E-state index in [1.165, 1.54) is 10.4 Å². The van der Waals surface area contributed by atoms with Gasteiger partial charge in [-0.25, -0.2) is 13.1 Å². The molecule has 3 heterocycles. The van der Waals surface area contributed by atoms with E-state index in [0.717, 1.165) is 39.9 Å². The number of hydrogen-bond acceptors (Lipinski definition) is 7. The summed E-state index contributed by atoms with van der Waals surface area (Å²) in [6.45, 7) is 8.25. The van der Waals surface area contributed by atoms with Gasteiger partial charge in [-0.1, -0.05) is 36.4 Å². The van der Waals surface area contributed by atoms with Gasteiger partial charge in [-0.15, -0.1) is 5.10 Å². The molecule has 3 aromatic carbocycles. The second-order valence-electron chi connectivity index (χ2n) is 13.1. The molecule has 14 heteroatoms. The van der Waals surface area contributed by atoms with Crippen molar-refractivity contribution in [1.29, 1.82) is 0 Å². The van der Waals surface area contributed by atoms with Crippen LogP contribution in [-0.4, -0.2) is 52.3 Å². The zero-order valence-electron chi connectivity index (χ0n) is 29.0. The zero-order valence-corrected chi connectivity index (χ0v) is 29.8. The highest BCUT2D eigenvalue weighted by Gasteiger charge is 2.37. The van der Waals surface area contributed by atoms with Crippen molar-refractivity contribution in [3.63, 3.8) is 0 Å². The van der Waals surface area contributed by atoms with Gasteiger partial charge in [0.2, 0.25) is 15.9 Å². The number of rotatable bonds is 9. The van der Waals surface area contributed by atoms with Crippen LogP contribution >= 0.6 is 0 Å². The van der Waals surface area contributed by atoms with E-state index in [1.807, 2.05) is 52.0 Å². The number of alkyl halides is 3. The SMILES string of the molecule is CCn1nnc2c(C)c(C(CC(=O)Nc3cccnc3)c3ccc(C)c(CN4C[C@@H](C)Cc5ccc(C(F)(F)F)cc5S4(=O)=O)c3)cc(OC)c21. The van der Waals surface area contributed by atoms with Gasteiger partial charge in [0, 0.05) is 38.2 Å². The molecule has 0 radical (unpaired) electrons. The molecule has 2 atom stereocenters. The molecule has 0 fully saturated rings. The number of aromatic nitrogens is 4. The first kappa shape index (κ1) is 36.0. The summed E-state index contributed by atoms with van der Waals surface area (Å²) in [5, 5.41) is 11.7. The average Bonchev–Trinajstić information content (AvgIpc) is 3.50. The van der Waals surface area contributed by atoms with E-state index in [1.54, 1.807) is 36.3 Å². The van der Waals surface area contributed by atoms with Gasteiger partial charge in [-0.2, -0.15) is 17.5 Å². The molecular formula is C37H39F3N6O4S. The molecular weight excluding hydrogens is 682 g/mol. The molecule has 1 N–H and O–H groups in total. The number of aryl methyl sites for hydroxylation is 3. The molecule has 0 bridgehead atoms. The molecule has 0 aliphatic carbocycles. The van der Waals surface area contributed by atoms with E-state index in [4.69, 9.17) is 4.74 Å². The number of fused-ring (bicyclic) bond motifs is 2. The van der Waals surface area contributed by atoms with Gasteiger partial charge in [-0.05, 0) is 96.8 Å². The maximum Gasteiger partial charge on any atom is 0.416 e. The highest BCUT2D eigenvalue weighted by Crippen LogP contribution is 2.40. The molecule has 0 saturated carbocycles. The standard InChI is InChI=1S/C37H39F3N6O4S/c1-6-46-36-32(50-5)17-30(24(4)35(36)43-44-46)31(18-34(47)42-29-8-7-13-41-19-29)25-10-9-23(3)27(15-25)21-45-20-22(2)14-26-11-12-28(37(38,39)40)16-33(26)51(45,48)49/h7-13,15-17,19,22,31H,6,14,18,20-21H2,1-5H3,(H,42,47)/t22-,31?/m0/s1. The van der Waals surface area contributed by atoms with Crippen LogP contribution in [0, 0.1) is 19.8 Å². The second-order valence-corrected chi connectivity index (χ2v) is 15.0. The number of benzene rings is 3. The fourth-order valence-corrected chi connectivity index (χ4v) is 8.62. The molecule has 0 saturated heterocycles. The number of methoxy groups -OCH3 is 1. The molecule has 51 heavy (non-hydrogen) atoms. The van der Waals surface area contributed by atoms with E-state index in [0.29, 0.717) is 41.0 Å². The third kappa shape index (κ3) is 7.20. The number of sulfonamides is 1. The Labute approximate surface area is 294 Å². The number of amides is 1. The Morgan fingerprint density at radius 1 is 1.12 bits per heavy atom. The molecule has 6 rings (SSSR count). The fourth-order valence-electron chi connectivity index (χ4n) is 6.83. The summed E-state index contributed by atoms with van der Waals surface area (Å²) in [6.07, 6.45) is -1.19. The van der Waals surface area contributed by atoms with Gasteiger partial charge in [0.1, 0.15) is 16.8 Å². The Bertz CT molecular complexity index is 2210. The van der Waals surface area contributed by atoms with Crippen LogP contribution in [0.15, 0.2) is 71.9 Å². The highest BCUT2D eigenvalue weighted by molar-refractivity contribution is 7.89. The monoisotopic (exact) mass is 720 g/mol. The van der Waals surface area contributed by atoms with Crippen LogP contribution < -0.4 is 10.1 Å². The molecule has 268 valence electrons. The number of halogens is 3. The minimum Gasteiger partial charge on any atom is -0.494 e. The Balaban J connectivity index is 1.43. The van der Waals surface area contributed by atoms with Crippen molar-refractivity contribution < 1.29 is 31.1 Å². The molecule has 2 aromatic heterocycles. The van der Waals surface area contributed by atoms with Crippen LogP contribution in [0.25, 0.3) is 11.0 Å². The van der Waals surface area contributed by atoms with Crippen molar-refractivity contribution in [1.82, 2.24) is 24.3 Å². The van der Waals surface area contributed by atoms with E-state index >= 15 is 0 Å². The van der Waals surface area contributed by atoms with Crippen LogP contribution in [0.1, 0.15) is 65.1 Å². The number of nitrogens with zero attached hydrogens (tertiary/aromatic N) is 5. The van der Waals surface area contributed by atoms with E-state index in [9.17, 15) is 26.4 Å². The lowest BCUT2D eigenvalue weighted by molar-refractivity contribution is -0.137. The number of carbonyl (C=O) groups is 1. The van der Waals surface area contributed by atoms with Crippen molar-refractivity contribution in [3.8, 4) is 5.75 Å². The zero-order chi connectivity index (χ0) is 36.7. The lowest BCUT2D eigenvalue weighted by Gasteiger charge is -2.25. The molecule has 1 amide bonds. The lowest BCUT2D eigenvalue weighted by atomic mass is 9.83. The van der Waals surface area contributed by atoms with Gasteiger partial charge in [0.05, 0.1) is 29.5 Å². The minimum absolute atomic E-state index is 0.0153. The summed E-state index contributed by atoms with van der Waals surface area (Å²) < 4.78 is 78.0. The maximum atomic E-state index is 14.1. The van der Waals surface area contributed by atoms with E-state index in [-0.39, 0.29) is 36.2 Å². The highest BCUT2D eigenvalue weighted by atomic mass is 32.2. The van der Waals surface area contributed by atoms with Crippen LogP contribution in [-0.2, 0) is 40.5 Å². The average molecular weight is 721 g/mol. The Kier molecular flexibility index (Phi) is 9.93. The quantitative estimate of drug-likeness (QED) is 0.174. The first-order chi connectivity index (χ1) is 24.2. The number of pyridine rings is 1. The van der Waals surface area contributed by atoms with Crippen LogP contribution in [0.4, 0.5) is 18.9 Å². The van der Waals surface area contributed by atoms with Gasteiger partial charge >= 0.3 is 6.18 Å². The van der Waals surface area contributed by atoms with Gasteiger partial charge in [-0.3, -0.25) is 9.78 Å². The third-order valence-corrected chi connectivity index (χ3v) is 11.4. The van der Waals surface area contributed by atoms with E-state index in [2.05, 4.69) is 20.6 Å². The third-order valence-electron chi connectivity index (χ3n) is 9.49.